The van der Waals surface area contributed by atoms with Crippen LogP contribution >= 0.6 is 0 Å². The standard InChI is InChI=1S/C26H27N3O3S/c1-26(2,3)25(31)28-20-13-15-21(16-14-20)29-33(32)23-11-7-10-22(18-23)27-24(30)17-12-19-8-5-4-6-9-19/h4-18,29H,1-3H3,(H,27,30)(H,28,31)/b17-12+. The van der Waals surface area contributed by atoms with Crippen molar-refractivity contribution >= 4 is 45.9 Å². The third-order valence-corrected chi connectivity index (χ3v) is 5.68. The van der Waals surface area contributed by atoms with E-state index in [2.05, 4.69) is 15.4 Å². The number of nitrogens with one attached hydrogen (secondary N) is 3. The molecule has 0 heterocycles. The fourth-order valence-corrected chi connectivity index (χ4v) is 3.62. The molecule has 0 bridgehead atoms. The number of benzene rings is 3. The third kappa shape index (κ3) is 7.43. The minimum atomic E-state index is -1.53. The van der Waals surface area contributed by atoms with E-state index in [0.29, 0.717) is 22.0 Å². The van der Waals surface area contributed by atoms with Crippen LogP contribution in [0.4, 0.5) is 17.1 Å². The van der Waals surface area contributed by atoms with Gasteiger partial charge in [-0.05, 0) is 54.1 Å². The predicted octanol–water partition coefficient (Wildman–Crippen LogP) is 5.46. The molecule has 1 atom stereocenters. The lowest BCUT2D eigenvalue weighted by molar-refractivity contribution is -0.123. The van der Waals surface area contributed by atoms with Crippen LogP contribution in [0.25, 0.3) is 6.08 Å². The maximum Gasteiger partial charge on any atom is 0.248 e. The highest BCUT2D eigenvalue weighted by atomic mass is 32.2. The Morgan fingerprint density at radius 3 is 2.12 bits per heavy atom. The Kier molecular flexibility index (Phi) is 7.79. The van der Waals surface area contributed by atoms with Crippen LogP contribution in [0.1, 0.15) is 26.3 Å². The molecule has 0 saturated heterocycles. The molecule has 3 rings (SSSR count). The number of carbonyl (C=O) groups is 2. The zero-order valence-corrected chi connectivity index (χ0v) is 19.6. The van der Waals surface area contributed by atoms with Crippen LogP contribution in [0, 0.1) is 5.41 Å². The van der Waals surface area contributed by atoms with E-state index in [4.69, 9.17) is 0 Å². The van der Waals surface area contributed by atoms with Crippen molar-refractivity contribution in [2.24, 2.45) is 5.41 Å². The van der Waals surface area contributed by atoms with Crippen molar-refractivity contribution in [3.63, 3.8) is 0 Å². The lowest BCUT2D eigenvalue weighted by atomic mass is 9.95. The molecule has 0 radical (unpaired) electrons. The topological polar surface area (TPSA) is 87.3 Å². The second-order valence-electron chi connectivity index (χ2n) is 8.41. The van der Waals surface area contributed by atoms with Gasteiger partial charge in [-0.25, -0.2) is 4.21 Å². The summed E-state index contributed by atoms with van der Waals surface area (Å²) < 4.78 is 15.7. The lowest BCUT2D eigenvalue weighted by Crippen LogP contribution is -2.27. The molecule has 6 nitrogen and oxygen atoms in total. The highest BCUT2D eigenvalue weighted by Crippen LogP contribution is 2.21. The van der Waals surface area contributed by atoms with Gasteiger partial charge in [0.05, 0.1) is 4.90 Å². The molecule has 7 heteroatoms. The molecular weight excluding hydrogens is 434 g/mol. The molecule has 0 aliphatic rings. The van der Waals surface area contributed by atoms with Gasteiger partial charge >= 0.3 is 0 Å². The Bertz CT molecular complexity index is 1170. The number of rotatable bonds is 7. The van der Waals surface area contributed by atoms with Gasteiger partial charge in [-0.1, -0.05) is 57.2 Å². The molecule has 0 spiro atoms. The fourth-order valence-electron chi connectivity index (χ4n) is 2.72. The maximum atomic E-state index is 12.8. The Hall–Kier alpha value is -3.71. The molecule has 33 heavy (non-hydrogen) atoms. The molecular formula is C26H27N3O3S. The number of hydrogen-bond donors (Lipinski definition) is 3. The molecule has 3 N–H and O–H groups in total. The molecule has 170 valence electrons. The van der Waals surface area contributed by atoms with Gasteiger partial charge in [0.2, 0.25) is 11.8 Å². The van der Waals surface area contributed by atoms with Crippen LogP contribution in [0.5, 0.6) is 0 Å². The normalized spacial score (nSPS) is 12.2. The predicted molar refractivity (Wildman–Crippen MR) is 135 cm³/mol. The average Bonchev–Trinajstić information content (AvgIpc) is 2.79. The summed E-state index contributed by atoms with van der Waals surface area (Å²) in [4.78, 5) is 24.8. The summed E-state index contributed by atoms with van der Waals surface area (Å²) in [5.41, 5.74) is 2.29. The summed E-state index contributed by atoms with van der Waals surface area (Å²) in [7, 11) is -1.53. The summed E-state index contributed by atoms with van der Waals surface area (Å²) in [5.74, 6) is -0.355. The van der Waals surface area contributed by atoms with Crippen molar-refractivity contribution in [1.82, 2.24) is 0 Å². The first-order valence-corrected chi connectivity index (χ1v) is 11.6. The number of anilines is 3. The molecule has 0 aliphatic carbocycles. The second-order valence-corrected chi connectivity index (χ2v) is 9.63. The number of carbonyl (C=O) groups excluding carboxylic acids is 2. The monoisotopic (exact) mass is 461 g/mol. The molecule has 0 aliphatic heterocycles. The highest BCUT2D eigenvalue weighted by molar-refractivity contribution is 7.86. The van der Waals surface area contributed by atoms with Crippen LogP contribution in [-0.4, -0.2) is 16.0 Å². The summed E-state index contributed by atoms with van der Waals surface area (Å²) in [5, 5.41) is 5.63. The van der Waals surface area contributed by atoms with E-state index < -0.39 is 16.4 Å². The summed E-state index contributed by atoms with van der Waals surface area (Å²) >= 11 is 0. The van der Waals surface area contributed by atoms with Crippen LogP contribution in [0.15, 0.2) is 89.8 Å². The van der Waals surface area contributed by atoms with Crippen LogP contribution in [-0.2, 0) is 20.6 Å². The van der Waals surface area contributed by atoms with Gasteiger partial charge in [0.15, 0.2) is 0 Å². The zero-order valence-electron chi connectivity index (χ0n) is 18.8. The Balaban J connectivity index is 1.59. The first-order chi connectivity index (χ1) is 15.7. The van der Waals surface area contributed by atoms with Crippen molar-refractivity contribution in [1.29, 1.82) is 0 Å². The molecule has 2 amide bonds. The van der Waals surface area contributed by atoms with Gasteiger partial charge in [-0.2, -0.15) is 0 Å². The van der Waals surface area contributed by atoms with E-state index in [-0.39, 0.29) is 11.8 Å². The Morgan fingerprint density at radius 2 is 1.45 bits per heavy atom. The van der Waals surface area contributed by atoms with Gasteiger partial charge in [-0.15, -0.1) is 0 Å². The maximum absolute atomic E-state index is 12.8. The van der Waals surface area contributed by atoms with Gasteiger partial charge in [0.25, 0.3) is 0 Å². The first-order valence-electron chi connectivity index (χ1n) is 10.4. The number of amides is 2. The largest absolute Gasteiger partial charge is 0.326 e. The average molecular weight is 462 g/mol. The first kappa shape index (κ1) is 23.9. The zero-order chi connectivity index (χ0) is 23.8. The van der Waals surface area contributed by atoms with Gasteiger partial charge in [0.1, 0.15) is 11.0 Å². The smallest absolute Gasteiger partial charge is 0.248 e. The minimum Gasteiger partial charge on any atom is -0.326 e. The molecule has 1 unspecified atom stereocenters. The minimum absolute atomic E-state index is 0.0794. The third-order valence-electron chi connectivity index (χ3n) is 4.58. The van der Waals surface area contributed by atoms with Crippen LogP contribution in [0.2, 0.25) is 0 Å². The summed E-state index contributed by atoms with van der Waals surface area (Å²) in [6.07, 6.45) is 3.18. The summed E-state index contributed by atoms with van der Waals surface area (Å²) in [6, 6.07) is 23.4. The molecule has 3 aromatic rings. The van der Waals surface area contributed by atoms with E-state index in [1.54, 1.807) is 54.6 Å². The molecule has 0 saturated carbocycles. The van der Waals surface area contributed by atoms with E-state index in [1.165, 1.54) is 6.08 Å². The SMILES string of the molecule is CC(C)(C)C(=O)Nc1ccc(NS(=O)c2cccc(NC(=O)/C=C/c3ccccc3)c2)cc1. The molecule has 0 aromatic heterocycles. The number of hydrogen-bond acceptors (Lipinski definition) is 3. The van der Waals surface area contributed by atoms with E-state index in [0.717, 1.165) is 5.56 Å². The van der Waals surface area contributed by atoms with Crippen molar-refractivity contribution < 1.29 is 13.8 Å². The van der Waals surface area contributed by atoms with Crippen LogP contribution < -0.4 is 15.4 Å². The second kappa shape index (κ2) is 10.7. The van der Waals surface area contributed by atoms with Gasteiger partial charge in [-0.3, -0.25) is 9.59 Å². The highest BCUT2D eigenvalue weighted by Gasteiger charge is 2.21. The van der Waals surface area contributed by atoms with Crippen LogP contribution in [0.3, 0.4) is 0 Å². The van der Waals surface area contributed by atoms with Gasteiger partial charge < -0.3 is 15.4 Å². The lowest BCUT2D eigenvalue weighted by Gasteiger charge is -2.17. The molecule has 3 aromatic carbocycles. The summed E-state index contributed by atoms with van der Waals surface area (Å²) in [6.45, 7) is 5.53. The van der Waals surface area contributed by atoms with Crippen molar-refractivity contribution in [2.75, 3.05) is 15.4 Å². The van der Waals surface area contributed by atoms with E-state index in [9.17, 15) is 13.8 Å². The van der Waals surface area contributed by atoms with E-state index >= 15 is 0 Å². The quantitative estimate of drug-likeness (QED) is 0.409. The molecule has 0 fully saturated rings. The van der Waals surface area contributed by atoms with Crippen molar-refractivity contribution in [3.8, 4) is 0 Å². The Morgan fingerprint density at radius 1 is 0.788 bits per heavy atom. The van der Waals surface area contributed by atoms with Crippen molar-refractivity contribution in [2.45, 2.75) is 25.7 Å². The van der Waals surface area contributed by atoms with Gasteiger partial charge in [0, 0.05) is 28.6 Å². The van der Waals surface area contributed by atoms with E-state index in [1.807, 2.05) is 51.1 Å². The van der Waals surface area contributed by atoms with Crippen molar-refractivity contribution in [3.05, 3.63) is 90.5 Å². The Labute approximate surface area is 196 Å². The fraction of sp³-hybridized carbons (Fsp3) is 0.154.